The molecule has 0 saturated carbocycles. The molecular weight excluding hydrogens is 414 g/mol. The van der Waals surface area contributed by atoms with E-state index in [0.717, 1.165) is 53.2 Å². The van der Waals surface area contributed by atoms with E-state index in [9.17, 15) is 5.26 Å². The van der Waals surface area contributed by atoms with Crippen LogP contribution in [-0.2, 0) is 0 Å². The van der Waals surface area contributed by atoms with Crippen molar-refractivity contribution in [3.8, 4) is 6.07 Å². The quantitative estimate of drug-likeness (QED) is 0.611. The van der Waals surface area contributed by atoms with Gasteiger partial charge in [0.15, 0.2) is 0 Å². The van der Waals surface area contributed by atoms with Gasteiger partial charge in [-0.25, -0.2) is 9.97 Å². The number of hydrogen-bond donors (Lipinski definition) is 0. The number of nitrogens with zero attached hydrogens (tertiary/aromatic N) is 5. The highest BCUT2D eigenvalue weighted by molar-refractivity contribution is 9.10. The number of benzene rings is 1. The fraction of sp³-hybridized carbons (Fsp3) is 0.211. The molecule has 3 heterocycles. The lowest BCUT2D eigenvalue weighted by molar-refractivity contribution is 0.642. The average Bonchev–Trinajstić information content (AvgIpc) is 2.68. The van der Waals surface area contributed by atoms with Gasteiger partial charge in [-0.15, -0.1) is 0 Å². The predicted molar refractivity (Wildman–Crippen MR) is 108 cm³/mol. The molecule has 0 bridgehead atoms. The summed E-state index contributed by atoms with van der Waals surface area (Å²) in [7, 11) is 0. The molecule has 7 heteroatoms. The third-order valence-electron chi connectivity index (χ3n) is 4.51. The van der Waals surface area contributed by atoms with Crippen molar-refractivity contribution >= 4 is 50.1 Å². The van der Waals surface area contributed by atoms with Gasteiger partial charge in [0.25, 0.3) is 0 Å². The molecule has 1 saturated heterocycles. The lowest BCUT2D eigenvalue weighted by atomic mass is 10.2. The molecule has 1 aliphatic heterocycles. The molecule has 1 aromatic carbocycles. The van der Waals surface area contributed by atoms with Gasteiger partial charge >= 0.3 is 0 Å². The Hall–Kier alpha value is -2.36. The van der Waals surface area contributed by atoms with Gasteiger partial charge in [0.05, 0.1) is 16.1 Å². The Bertz CT molecular complexity index is 1010. The number of rotatable bonds is 2. The van der Waals surface area contributed by atoms with E-state index >= 15 is 0 Å². The standard InChI is InChI=1S/C19H15BrClN5/c20-15-10-13-3-4-17(24-18(13)16(21)11-15)25-6-8-26(9-7-25)19-14(12-22)2-1-5-23-19/h1-5,10-11H,6-9H2. The van der Waals surface area contributed by atoms with Crippen LogP contribution in [0.5, 0.6) is 0 Å². The summed E-state index contributed by atoms with van der Waals surface area (Å²) in [5.74, 6) is 1.68. The second kappa shape index (κ2) is 7.10. The van der Waals surface area contributed by atoms with E-state index in [1.54, 1.807) is 18.3 Å². The number of anilines is 2. The zero-order valence-corrected chi connectivity index (χ0v) is 16.2. The van der Waals surface area contributed by atoms with E-state index in [1.165, 1.54) is 0 Å². The number of halogens is 2. The van der Waals surface area contributed by atoms with Crippen molar-refractivity contribution < 1.29 is 0 Å². The maximum absolute atomic E-state index is 9.27. The summed E-state index contributed by atoms with van der Waals surface area (Å²) in [4.78, 5) is 13.5. The van der Waals surface area contributed by atoms with Crippen molar-refractivity contribution in [3.05, 3.63) is 57.7 Å². The van der Waals surface area contributed by atoms with Crippen LogP contribution in [0.4, 0.5) is 11.6 Å². The Morgan fingerprint density at radius 2 is 1.85 bits per heavy atom. The van der Waals surface area contributed by atoms with E-state index in [-0.39, 0.29) is 0 Å². The Kier molecular flexibility index (Phi) is 4.66. The molecule has 1 aliphatic rings. The Balaban J connectivity index is 1.55. The maximum atomic E-state index is 9.27. The molecule has 4 rings (SSSR count). The molecule has 0 aliphatic carbocycles. The normalized spacial score (nSPS) is 14.5. The number of fused-ring (bicyclic) bond motifs is 1. The number of nitriles is 1. The van der Waals surface area contributed by atoms with E-state index < -0.39 is 0 Å². The summed E-state index contributed by atoms with van der Waals surface area (Å²) in [6, 6.07) is 13.8. The van der Waals surface area contributed by atoms with Crippen LogP contribution < -0.4 is 9.80 Å². The van der Waals surface area contributed by atoms with Crippen molar-refractivity contribution in [1.29, 1.82) is 5.26 Å². The Morgan fingerprint density at radius 1 is 1.08 bits per heavy atom. The summed E-state index contributed by atoms with van der Waals surface area (Å²) in [6.45, 7) is 3.21. The fourth-order valence-electron chi connectivity index (χ4n) is 3.21. The van der Waals surface area contributed by atoms with E-state index in [2.05, 4.69) is 36.8 Å². The minimum atomic E-state index is 0.613. The molecule has 2 aromatic heterocycles. The molecule has 0 N–H and O–H groups in total. The van der Waals surface area contributed by atoms with E-state index in [0.29, 0.717) is 10.6 Å². The zero-order chi connectivity index (χ0) is 18.1. The number of pyridine rings is 2. The van der Waals surface area contributed by atoms with Gasteiger partial charge in [-0.3, -0.25) is 0 Å². The van der Waals surface area contributed by atoms with Crippen molar-refractivity contribution in [3.63, 3.8) is 0 Å². The van der Waals surface area contributed by atoms with E-state index in [4.69, 9.17) is 16.6 Å². The van der Waals surface area contributed by atoms with Crippen LogP contribution in [-0.4, -0.2) is 36.1 Å². The summed E-state index contributed by atoms with van der Waals surface area (Å²) in [6.07, 6.45) is 1.73. The second-order valence-electron chi connectivity index (χ2n) is 6.09. The molecule has 130 valence electrons. The van der Waals surface area contributed by atoms with Crippen LogP contribution in [0.1, 0.15) is 5.56 Å². The molecule has 0 unspecified atom stereocenters. The van der Waals surface area contributed by atoms with Gasteiger partial charge in [-0.05, 0) is 36.4 Å². The van der Waals surface area contributed by atoms with Crippen LogP contribution in [0, 0.1) is 11.3 Å². The summed E-state index contributed by atoms with van der Waals surface area (Å²) in [5, 5.41) is 10.9. The highest BCUT2D eigenvalue weighted by atomic mass is 79.9. The van der Waals surface area contributed by atoms with Gasteiger partial charge in [-0.1, -0.05) is 27.5 Å². The fourth-order valence-corrected chi connectivity index (χ4v) is 4.08. The topological polar surface area (TPSA) is 56.1 Å². The summed E-state index contributed by atoms with van der Waals surface area (Å²) >= 11 is 9.81. The molecular formula is C19H15BrClN5. The lowest BCUT2D eigenvalue weighted by Crippen LogP contribution is -2.47. The van der Waals surface area contributed by atoms with Crippen LogP contribution in [0.25, 0.3) is 10.9 Å². The molecule has 0 radical (unpaired) electrons. The highest BCUT2D eigenvalue weighted by Crippen LogP contribution is 2.29. The van der Waals surface area contributed by atoms with Gasteiger partial charge < -0.3 is 9.80 Å². The minimum Gasteiger partial charge on any atom is -0.353 e. The van der Waals surface area contributed by atoms with Crippen LogP contribution in [0.3, 0.4) is 0 Å². The molecule has 0 atom stereocenters. The first-order valence-electron chi connectivity index (χ1n) is 8.26. The van der Waals surface area contributed by atoms with Crippen LogP contribution >= 0.6 is 27.5 Å². The zero-order valence-electron chi connectivity index (χ0n) is 13.9. The predicted octanol–water partition coefficient (Wildman–Crippen LogP) is 4.24. The van der Waals surface area contributed by atoms with Gasteiger partial charge in [0.2, 0.25) is 0 Å². The number of piperazine rings is 1. The third-order valence-corrected chi connectivity index (χ3v) is 5.25. The molecule has 0 spiro atoms. The Morgan fingerprint density at radius 3 is 2.62 bits per heavy atom. The molecule has 3 aromatic rings. The third kappa shape index (κ3) is 3.20. The van der Waals surface area contributed by atoms with Gasteiger partial charge in [-0.2, -0.15) is 5.26 Å². The van der Waals surface area contributed by atoms with Crippen LogP contribution in [0.2, 0.25) is 5.02 Å². The average molecular weight is 429 g/mol. The highest BCUT2D eigenvalue weighted by Gasteiger charge is 2.21. The SMILES string of the molecule is N#Cc1cccnc1N1CCN(c2ccc3cc(Br)cc(Cl)c3n2)CC1. The minimum absolute atomic E-state index is 0.613. The first-order chi connectivity index (χ1) is 12.7. The number of hydrogen-bond acceptors (Lipinski definition) is 5. The monoisotopic (exact) mass is 427 g/mol. The molecule has 26 heavy (non-hydrogen) atoms. The second-order valence-corrected chi connectivity index (χ2v) is 7.41. The maximum Gasteiger partial charge on any atom is 0.146 e. The lowest BCUT2D eigenvalue weighted by Gasteiger charge is -2.36. The van der Waals surface area contributed by atoms with E-state index in [1.807, 2.05) is 24.3 Å². The van der Waals surface area contributed by atoms with Crippen LogP contribution in [0.15, 0.2) is 47.1 Å². The van der Waals surface area contributed by atoms with Crippen molar-refractivity contribution in [2.45, 2.75) is 0 Å². The first-order valence-corrected chi connectivity index (χ1v) is 9.43. The Labute approximate surface area is 165 Å². The van der Waals surface area contributed by atoms with Crippen molar-refractivity contribution in [1.82, 2.24) is 9.97 Å². The largest absolute Gasteiger partial charge is 0.353 e. The number of aromatic nitrogens is 2. The summed E-state index contributed by atoms with van der Waals surface area (Å²) < 4.78 is 0.946. The smallest absolute Gasteiger partial charge is 0.146 e. The van der Waals surface area contributed by atoms with Gasteiger partial charge in [0, 0.05) is 42.2 Å². The van der Waals surface area contributed by atoms with Crippen molar-refractivity contribution in [2.75, 3.05) is 36.0 Å². The molecule has 1 fully saturated rings. The van der Waals surface area contributed by atoms with Gasteiger partial charge in [0.1, 0.15) is 17.7 Å². The summed E-state index contributed by atoms with van der Waals surface area (Å²) in [5.41, 5.74) is 1.42. The molecule has 5 nitrogen and oxygen atoms in total. The molecule has 0 amide bonds. The first kappa shape index (κ1) is 17.1. The van der Waals surface area contributed by atoms with Crippen molar-refractivity contribution in [2.24, 2.45) is 0 Å².